The molecule has 0 unspecified atom stereocenters. The van der Waals surface area contributed by atoms with Crippen molar-refractivity contribution in [3.05, 3.63) is 24.3 Å². The summed E-state index contributed by atoms with van der Waals surface area (Å²) in [4.78, 5) is 11.9. The van der Waals surface area contributed by atoms with E-state index in [0.29, 0.717) is 5.75 Å². The molecule has 1 aromatic carbocycles. The molecule has 0 fully saturated rings. The number of amides is 1. The third kappa shape index (κ3) is 5.19. The largest absolute Gasteiger partial charge is 0.497 e. The number of anilines is 2. The molecule has 2 rings (SSSR count). The fourth-order valence-corrected chi connectivity index (χ4v) is 3.15. The lowest BCUT2D eigenvalue weighted by Crippen LogP contribution is -2.13. The van der Waals surface area contributed by atoms with Crippen molar-refractivity contribution in [3.8, 4) is 5.75 Å². The zero-order chi connectivity index (χ0) is 15.8. The molecule has 8 heteroatoms. The Bertz CT molecular complexity index is 601. The Hall–Kier alpha value is -1.80. The van der Waals surface area contributed by atoms with Crippen LogP contribution in [0.15, 0.2) is 28.6 Å². The zero-order valence-electron chi connectivity index (χ0n) is 12.5. The van der Waals surface area contributed by atoms with Gasteiger partial charge in [-0.1, -0.05) is 30.0 Å². The molecule has 0 spiro atoms. The SMILES string of the molecule is CCCNc1nnc(SCC(=O)Nc2ccc(OC)cc2)s1. The van der Waals surface area contributed by atoms with Crippen LogP contribution in [-0.2, 0) is 4.79 Å². The zero-order valence-corrected chi connectivity index (χ0v) is 14.1. The maximum Gasteiger partial charge on any atom is 0.234 e. The molecule has 0 aliphatic heterocycles. The highest BCUT2D eigenvalue weighted by Gasteiger charge is 2.08. The highest BCUT2D eigenvalue weighted by atomic mass is 32.2. The van der Waals surface area contributed by atoms with Gasteiger partial charge in [0.2, 0.25) is 11.0 Å². The van der Waals surface area contributed by atoms with Crippen LogP contribution in [0.3, 0.4) is 0 Å². The van der Waals surface area contributed by atoms with Crippen molar-refractivity contribution in [3.63, 3.8) is 0 Å². The van der Waals surface area contributed by atoms with Crippen molar-refractivity contribution in [2.45, 2.75) is 17.7 Å². The molecule has 0 atom stereocenters. The predicted molar refractivity (Wildman–Crippen MR) is 91.0 cm³/mol. The Morgan fingerprint density at radius 1 is 1.32 bits per heavy atom. The fourth-order valence-electron chi connectivity index (χ4n) is 1.57. The molecule has 1 amide bonds. The molecule has 0 saturated carbocycles. The summed E-state index contributed by atoms with van der Waals surface area (Å²) < 4.78 is 5.85. The number of thioether (sulfide) groups is 1. The van der Waals surface area contributed by atoms with Crippen LogP contribution in [0.1, 0.15) is 13.3 Å². The van der Waals surface area contributed by atoms with Gasteiger partial charge in [-0.2, -0.15) is 0 Å². The Kier molecular flexibility index (Phi) is 6.47. The summed E-state index contributed by atoms with van der Waals surface area (Å²) in [7, 11) is 1.61. The van der Waals surface area contributed by atoms with E-state index >= 15 is 0 Å². The van der Waals surface area contributed by atoms with E-state index in [1.165, 1.54) is 23.1 Å². The number of nitrogens with one attached hydrogen (secondary N) is 2. The second-order valence-corrected chi connectivity index (χ2v) is 6.57. The van der Waals surface area contributed by atoms with Gasteiger partial charge in [0.1, 0.15) is 5.75 Å². The quantitative estimate of drug-likeness (QED) is 0.720. The number of rotatable bonds is 8. The third-order valence-corrected chi connectivity index (χ3v) is 4.65. The predicted octanol–water partition coefficient (Wildman–Crippen LogP) is 3.10. The molecule has 1 aromatic heterocycles. The van der Waals surface area contributed by atoms with Crippen molar-refractivity contribution in [2.75, 3.05) is 30.0 Å². The van der Waals surface area contributed by atoms with Gasteiger partial charge in [-0.3, -0.25) is 4.79 Å². The van der Waals surface area contributed by atoms with E-state index in [1.54, 1.807) is 31.4 Å². The maximum absolute atomic E-state index is 11.9. The summed E-state index contributed by atoms with van der Waals surface area (Å²) in [6, 6.07) is 7.22. The molecule has 0 aliphatic rings. The molecule has 2 N–H and O–H groups in total. The molecular formula is C14H18N4O2S2. The Morgan fingerprint density at radius 2 is 2.09 bits per heavy atom. The van der Waals surface area contributed by atoms with Gasteiger partial charge in [0.25, 0.3) is 0 Å². The number of hydrogen-bond acceptors (Lipinski definition) is 7. The number of nitrogens with zero attached hydrogens (tertiary/aromatic N) is 2. The van der Waals surface area contributed by atoms with Crippen LogP contribution in [0, 0.1) is 0 Å². The first-order valence-corrected chi connectivity index (χ1v) is 8.65. The monoisotopic (exact) mass is 338 g/mol. The van der Waals surface area contributed by atoms with E-state index in [4.69, 9.17) is 4.74 Å². The van der Waals surface area contributed by atoms with Gasteiger partial charge in [-0.05, 0) is 30.7 Å². The van der Waals surface area contributed by atoms with E-state index in [9.17, 15) is 4.79 Å². The van der Waals surface area contributed by atoms with Gasteiger partial charge in [0, 0.05) is 12.2 Å². The van der Waals surface area contributed by atoms with Crippen molar-refractivity contribution < 1.29 is 9.53 Å². The van der Waals surface area contributed by atoms with Crippen molar-refractivity contribution in [1.82, 2.24) is 10.2 Å². The van der Waals surface area contributed by atoms with E-state index in [-0.39, 0.29) is 5.91 Å². The number of aromatic nitrogens is 2. The first-order chi connectivity index (χ1) is 10.7. The number of methoxy groups -OCH3 is 1. The summed E-state index contributed by atoms with van der Waals surface area (Å²) in [5.74, 6) is 0.982. The fraction of sp³-hybridized carbons (Fsp3) is 0.357. The molecule has 22 heavy (non-hydrogen) atoms. The molecule has 0 radical (unpaired) electrons. The molecule has 2 aromatic rings. The summed E-state index contributed by atoms with van der Waals surface area (Å²) in [6.07, 6.45) is 1.03. The average molecular weight is 338 g/mol. The van der Waals surface area contributed by atoms with Crippen LogP contribution in [0.5, 0.6) is 5.75 Å². The minimum atomic E-state index is -0.0755. The number of carbonyl (C=O) groups excluding carboxylic acids is 1. The van der Waals surface area contributed by atoms with E-state index in [0.717, 1.165) is 33.9 Å². The third-order valence-electron chi connectivity index (χ3n) is 2.63. The van der Waals surface area contributed by atoms with E-state index in [2.05, 4.69) is 27.8 Å². The van der Waals surface area contributed by atoms with E-state index in [1.807, 2.05) is 0 Å². The van der Waals surface area contributed by atoms with Gasteiger partial charge < -0.3 is 15.4 Å². The Balaban J connectivity index is 1.78. The normalized spacial score (nSPS) is 10.3. The second kappa shape index (κ2) is 8.60. The summed E-state index contributed by atoms with van der Waals surface area (Å²) >= 11 is 2.84. The van der Waals surface area contributed by atoms with Gasteiger partial charge in [-0.15, -0.1) is 10.2 Å². The lowest BCUT2D eigenvalue weighted by atomic mass is 10.3. The number of carbonyl (C=O) groups is 1. The molecule has 0 bridgehead atoms. The molecular weight excluding hydrogens is 320 g/mol. The van der Waals surface area contributed by atoms with Gasteiger partial charge in [0.05, 0.1) is 12.9 Å². The number of hydrogen-bond donors (Lipinski definition) is 2. The first kappa shape index (κ1) is 16.6. The summed E-state index contributed by atoms with van der Waals surface area (Å²) in [5, 5.41) is 14.9. The molecule has 0 aliphatic carbocycles. The summed E-state index contributed by atoms with van der Waals surface area (Å²) in [5.41, 5.74) is 0.744. The molecule has 118 valence electrons. The molecule has 1 heterocycles. The molecule has 0 saturated heterocycles. The van der Waals surface area contributed by atoms with Gasteiger partial charge >= 0.3 is 0 Å². The molecule has 6 nitrogen and oxygen atoms in total. The second-order valence-electron chi connectivity index (χ2n) is 4.37. The Morgan fingerprint density at radius 3 is 2.77 bits per heavy atom. The minimum Gasteiger partial charge on any atom is -0.497 e. The number of ether oxygens (including phenoxy) is 1. The van der Waals surface area contributed by atoms with Crippen molar-refractivity contribution >= 4 is 39.8 Å². The topological polar surface area (TPSA) is 76.1 Å². The average Bonchev–Trinajstić information content (AvgIpc) is 2.99. The van der Waals surface area contributed by atoms with Crippen LogP contribution < -0.4 is 15.4 Å². The minimum absolute atomic E-state index is 0.0755. The van der Waals surface area contributed by atoms with Crippen LogP contribution in [0.2, 0.25) is 0 Å². The van der Waals surface area contributed by atoms with Crippen LogP contribution in [-0.4, -0.2) is 35.5 Å². The first-order valence-electron chi connectivity index (χ1n) is 6.85. The lowest BCUT2D eigenvalue weighted by molar-refractivity contribution is -0.113. The highest BCUT2D eigenvalue weighted by Crippen LogP contribution is 2.25. The van der Waals surface area contributed by atoms with Crippen molar-refractivity contribution in [1.29, 1.82) is 0 Å². The lowest BCUT2D eigenvalue weighted by Gasteiger charge is -2.05. The highest BCUT2D eigenvalue weighted by molar-refractivity contribution is 8.01. The standard InChI is InChI=1S/C14H18N4O2S2/c1-3-8-15-13-17-18-14(22-13)21-9-12(19)16-10-4-6-11(20-2)7-5-10/h4-7H,3,8-9H2,1-2H3,(H,15,17)(H,16,19). The smallest absolute Gasteiger partial charge is 0.234 e. The van der Waals surface area contributed by atoms with Crippen LogP contribution in [0.25, 0.3) is 0 Å². The van der Waals surface area contributed by atoms with Crippen molar-refractivity contribution in [2.24, 2.45) is 0 Å². The van der Waals surface area contributed by atoms with Crippen LogP contribution >= 0.6 is 23.1 Å². The number of benzene rings is 1. The van der Waals surface area contributed by atoms with E-state index < -0.39 is 0 Å². The Labute approximate surface area is 137 Å². The maximum atomic E-state index is 11.9. The van der Waals surface area contributed by atoms with Gasteiger partial charge in [-0.25, -0.2) is 0 Å². The van der Waals surface area contributed by atoms with Gasteiger partial charge in [0.15, 0.2) is 4.34 Å². The van der Waals surface area contributed by atoms with Crippen LogP contribution in [0.4, 0.5) is 10.8 Å². The summed E-state index contributed by atoms with van der Waals surface area (Å²) in [6.45, 7) is 2.96.